The third kappa shape index (κ3) is 8.55. The van der Waals surface area contributed by atoms with Gasteiger partial charge in [0, 0.05) is 5.56 Å². The number of aryl methyl sites for hydroxylation is 3. The van der Waals surface area contributed by atoms with E-state index in [0.29, 0.717) is 0 Å². The van der Waals surface area contributed by atoms with Crippen molar-refractivity contribution >= 4 is 32.5 Å². The highest BCUT2D eigenvalue weighted by molar-refractivity contribution is 7.67. The molecule has 0 amide bonds. The second-order valence-electron chi connectivity index (χ2n) is 11.6. The number of anilines is 1. The first-order valence-corrected chi connectivity index (χ1v) is 16.3. The van der Waals surface area contributed by atoms with Crippen LogP contribution in [0.15, 0.2) is 36.4 Å². The smallest absolute Gasteiger partial charge is 0.418 e. The molecule has 0 N–H and O–H groups in total. The molecule has 2 aliphatic carbocycles. The Labute approximate surface area is 233 Å². The Morgan fingerprint density at radius 2 is 1.33 bits per heavy atom. The van der Waals surface area contributed by atoms with E-state index in [0.717, 1.165) is 31.0 Å². The van der Waals surface area contributed by atoms with Crippen molar-refractivity contribution in [2.75, 3.05) is 18.0 Å². The van der Waals surface area contributed by atoms with Crippen molar-refractivity contribution < 1.29 is 21.8 Å². The highest BCUT2D eigenvalue weighted by Crippen LogP contribution is 2.55. The van der Waals surface area contributed by atoms with Gasteiger partial charge in [-0.05, 0) is 74.2 Å². The Morgan fingerprint density at radius 3 is 1.87 bits per heavy atom. The molecule has 0 bridgehead atoms. The molecule has 5 rings (SSSR count). The van der Waals surface area contributed by atoms with Crippen LogP contribution in [0.4, 0.5) is 23.0 Å². The lowest BCUT2D eigenvalue weighted by Crippen LogP contribution is -2.28. The highest BCUT2D eigenvalue weighted by atomic mass is 31.1. The fourth-order valence-corrected chi connectivity index (χ4v) is 10.9. The van der Waals surface area contributed by atoms with Crippen LogP contribution in [0.5, 0.6) is 0 Å². The topological polar surface area (TPSA) is 6.25 Å². The zero-order valence-electron chi connectivity index (χ0n) is 23.8. The molecule has 2 aromatic rings. The van der Waals surface area contributed by atoms with Gasteiger partial charge in [-0.25, -0.2) is 4.90 Å². The van der Waals surface area contributed by atoms with Crippen LogP contribution in [0.3, 0.4) is 0 Å². The lowest BCUT2D eigenvalue weighted by molar-refractivity contribution is -0.529. The maximum atomic E-state index is 9.75. The van der Waals surface area contributed by atoms with Crippen molar-refractivity contribution in [3.8, 4) is 0 Å². The normalized spacial score (nSPS) is 19.2. The zero-order chi connectivity index (χ0) is 28.0. The van der Waals surface area contributed by atoms with Crippen LogP contribution in [-0.2, 0) is 6.54 Å². The Balaban J connectivity index is 0.000000648. The summed E-state index contributed by atoms with van der Waals surface area (Å²) in [5.74, 6) is 0. The molecule has 0 saturated heterocycles. The predicted molar refractivity (Wildman–Crippen MR) is 160 cm³/mol. The van der Waals surface area contributed by atoms with Gasteiger partial charge in [0.1, 0.15) is 25.3 Å². The van der Waals surface area contributed by atoms with Gasteiger partial charge in [0.15, 0.2) is 0 Å². The number of rotatable bonds is 6. The summed E-state index contributed by atoms with van der Waals surface area (Å²) in [5, 5.41) is 1.76. The van der Waals surface area contributed by atoms with Crippen LogP contribution in [-0.4, -0.2) is 42.6 Å². The van der Waals surface area contributed by atoms with E-state index in [1.54, 1.807) is 10.9 Å². The van der Waals surface area contributed by atoms with Crippen LogP contribution < -0.4 is 10.2 Å². The summed E-state index contributed by atoms with van der Waals surface area (Å²) in [6, 6.07) is 14.3. The van der Waals surface area contributed by atoms with Gasteiger partial charge in [0.2, 0.25) is 6.34 Å². The molecule has 2 nitrogen and oxygen atoms in total. The third-order valence-electron chi connectivity index (χ3n) is 8.43. The van der Waals surface area contributed by atoms with Crippen LogP contribution in [0.25, 0.3) is 0 Å². The molecule has 0 spiro atoms. The Bertz CT molecular complexity index is 1080. The van der Waals surface area contributed by atoms with E-state index in [-0.39, 0.29) is 7.92 Å². The van der Waals surface area contributed by atoms with Crippen LogP contribution in [0.1, 0.15) is 86.5 Å². The molecule has 39 heavy (non-hydrogen) atoms. The molecule has 2 aromatic carbocycles. The second-order valence-corrected chi connectivity index (χ2v) is 14.4. The maximum Gasteiger partial charge on any atom is 0.673 e. The molecule has 2 saturated carbocycles. The largest absolute Gasteiger partial charge is 0.673 e. The summed E-state index contributed by atoms with van der Waals surface area (Å²) >= 11 is 0. The molecule has 0 aromatic heterocycles. The van der Waals surface area contributed by atoms with Crippen molar-refractivity contribution in [1.82, 2.24) is 0 Å². The zero-order valence-corrected chi connectivity index (χ0v) is 24.7. The lowest BCUT2D eigenvalue weighted by Gasteiger charge is -2.39. The Kier molecular flexibility index (Phi) is 10.5. The SMILES string of the molecule is Cc1cc(C)c(N2C=[N+](Cc3ccccc3P(C3CCCCC3)C3CCCCC3)CC2)c(C)c1.F[B-](F)(F)F. The predicted octanol–water partition coefficient (Wildman–Crippen LogP) is 8.75. The van der Waals surface area contributed by atoms with Gasteiger partial charge in [-0.15, -0.1) is 0 Å². The van der Waals surface area contributed by atoms with Crippen molar-refractivity contribution in [3.05, 3.63) is 58.7 Å². The van der Waals surface area contributed by atoms with Crippen molar-refractivity contribution in [1.29, 1.82) is 0 Å². The monoisotopic (exact) mass is 562 g/mol. The first kappa shape index (κ1) is 30.1. The van der Waals surface area contributed by atoms with Gasteiger partial charge < -0.3 is 17.3 Å². The minimum Gasteiger partial charge on any atom is -0.418 e. The number of hydrogen-bond acceptors (Lipinski definition) is 1. The van der Waals surface area contributed by atoms with E-state index in [1.165, 1.54) is 86.6 Å². The average molecular weight is 562 g/mol. The van der Waals surface area contributed by atoms with Gasteiger partial charge in [0.05, 0.1) is 0 Å². The molecule has 2 fully saturated rings. The third-order valence-corrected chi connectivity index (χ3v) is 12.0. The van der Waals surface area contributed by atoms with Crippen LogP contribution in [0, 0.1) is 20.8 Å². The summed E-state index contributed by atoms with van der Waals surface area (Å²) in [4.78, 5) is 2.50. The van der Waals surface area contributed by atoms with Gasteiger partial charge in [-0.3, -0.25) is 4.58 Å². The van der Waals surface area contributed by atoms with Crippen molar-refractivity contribution in [2.24, 2.45) is 0 Å². The maximum absolute atomic E-state index is 9.75. The van der Waals surface area contributed by atoms with E-state index in [4.69, 9.17) is 0 Å². The van der Waals surface area contributed by atoms with Gasteiger partial charge in [-0.1, -0.05) is 88.4 Å². The first-order valence-electron chi connectivity index (χ1n) is 14.8. The summed E-state index contributed by atoms with van der Waals surface area (Å²) in [5.41, 5.74) is 9.11. The van der Waals surface area contributed by atoms with E-state index < -0.39 is 7.25 Å². The Morgan fingerprint density at radius 1 is 0.821 bits per heavy atom. The molecule has 1 aliphatic heterocycles. The minimum atomic E-state index is -6.00. The standard InChI is InChI=1S/C31H44N2P.BF4/c1-24-20-25(2)31(26(3)21-24)33-19-18-32(23-33)22-27-12-10-11-17-30(27)34(28-13-6-4-7-14-28)29-15-8-5-9-16-29;2-1(3,4)5/h10-12,17,20-21,23,28-29H,4-9,13-16,18-19,22H2,1-3H3;/q+1;-1. The average Bonchev–Trinajstić information content (AvgIpc) is 3.33. The first-order chi connectivity index (χ1) is 18.6. The molecular weight excluding hydrogens is 518 g/mol. The molecule has 1 heterocycles. The summed E-state index contributed by atoms with van der Waals surface area (Å²) in [6.45, 7) is 10.0. The quantitative estimate of drug-likeness (QED) is 0.148. The molecule has 0 atom stereocenters. The molecular formula is C31H44BF4N2P. The summed E-state index contributed by atoms with van der Waals surface area (Å²) < 4.78 is 41.6. The number of benzene rings is 2. The van der Waals surface area contributed by atoms with Gasteiger partial charge in [0.25, 0.3) is 0 Å². The van der Waals surface area contributed by atoms with Crippen molar-refractivity contribution in [2.45, 2.75) is 103 Å². The highest BCUT2D eigenvalue weighted by Gasteiger charge is 2.34. The van der Waals surface area contributed by atoms with Crippen molar-refractivity contribution in [3.63, 3.8) is 0 Å². The summed E-state index contributed by atoms with van der Waals surface area (Å²) in [6.07, 6.45) is 17.1. The molecule has 0 radical (unpaired) electrons. The Hall–Kier alpha value is -1.88. The number of nitrogens with zero attached hydrogens (tertiary/aromatic N) is 2. The molecule has 8 heteroatoms. The van der Waals surface area contributed by atoms with E-state index >= 15 is 0 Å². The molecule has 3 aliphatic rings. The number of halogens is 4. The summed E-state index contributed by atoms with van der Waals surface area (Å²) in [7, 11) is -6.06. The van der Waals surface area contributed by atoms with E-state index in [2.05, 4.69) is 73.0 Å². The van der Waals surface area contributed by atoms with E-state index in [9.17, 15) is 17.3 Å². The fraction of sp³-hybridized carbons (Fsp3) is 0.581. The molecule has 214 valence electrons. The second kappa shape index (κ2) is 13.7. The minimum absolute atomic E-state index is 0.0561. The molecule has 0 unspecified atom stereocenters. The van der Waals surface area contributed by atoms with Crippen LogP contribution in [0.2, 0.25) is 0 Å². The fourth-order valence-electron chi connectivity index (χ4n) is 6.99. The number of hydrogen-bond donors (Lipinski definition) is 0. The lowest BCUT2D eigenvalue weighted by atomic mass is 9.99. The van der Waals surface area contributed by atoms with Gasteiger partial charge >= 0.3 is 7.25 Å². The van der Waals surface area contributed by atoms with E-state index in [1.807, 2.05) is 0 Å². The van der Waals surface area contributed by atoms with Crippen LogP contribution >= 0.6 is 7.92 Å². The van der Waals surface area contributed by atoms with Gasteiger partial charge in [-0.2, -0.15) is 0 Å².